The largest absolute Gasteiger partial charge is 0.381 e. The zero-order valence-corrected chi connectivity index (χ0v) is 17.6. The van der Waals surface area contributed by atoms with Crippen LogP contribution in [0.1, 0.15) is 36.7 Å². The van der Waals surface area contributed by atoms with Gasteiger partial charge in [-0.25, -0.2) is 4.98 Å². The minimum Gasteiger partial charge on any atom is -0.381 e. The van der Waals surface area contributed by atoms with Crippen molar-refractivity contribution in [2.45, 2.75) is 49.2 Å². The molecule has 1 saturated carbocycles. The highest BCUT2D eigenvalue weighted by atomic mass is 16.3. The SMILES string of the molecule is O=C1NCc2nc3ccccc3c(=O)n2[C@H]1C[C@@]1(O)c2ccccc2N2C(=O)C3(CC3)N[C@H]21. The van der Waals surface area contributed by atoms with Crippen LogP contribution >= 0.6 is 0 Å². The van der Waals surface area contributed by atoms with Gasteiger partial charge in [0.1, 0.15) is 29.2 Å². The summed E-state index contributed by atoms with van der Waals surface area (Å²) in [6, 6.07) is 13.3. The van der Waals surface area contributed by atoms with Gasteiger partial charge in [-0.05, 0) is 31.0 Å². The number of fused-ring (bicyclic) bond motifs is 5. The standard InChI is InChI=1S/C24H21N5O4/c30-19-17(28-18(12-25-19)26-15-7-3-1-5-13(15)20(28)31)11-24(33)14-6-2-4-8-16(14)29-21(24)27-23(9-10-23)22(29)32/h1-8,17,21,27,33H,9-12H2,(H,25,30)/t17-,21+,24+/m0/s1. The Labute approximate surface area is 188 Å². The molecule has 1 saturated heterocycles. The number of carbonyl (C=O) groups excluding carboxylic acids is 2. The number of aliphatic hydroxyl groups is 1. The van der Waals surface area contributed by atoms with Gasteiger partial charge in [-0.3, -0.25) is 29.2 Å². The molecule has 4 heterocycles. The first-order chi connectivity index (χ1) is 15.9. The molecule has 0 unspecified atom stereocenters. The van der Waals surface area contributed by atoms with Gasteiger partial charge in [0.25, 0.3) is 5.56 Å². The molecule has 33 heavy (non-hydrogen) atoms. The van der Waals surface area contributed by atoms with E-state index in [4.69, 9.17) is 0 Å². The van der Waals surface area contributed by atoms with E-state index < -0.39 is 23.3 Å². The Morgan fingerprint density at radius 3 is 2.64 bits per heavy atom. The van der Waals surface area contributed by atoms with E-state index in [9.17, 15) is 19.5 Å². The highest BCUT2D eigenvalue weighted by Crippen LogP contribution is 2.55. The molecule has 3 aliphatic heterocycles. The second-order valence-corrected chi connectivity index (χ2v) is 9.40. The lowest BCUT2D eigenvalue weighted by Gasteiger charge is -2.36. The summed E-state index contributed by atoms with van der Waals surface area (Å²) in [7, 11) is 0. The molecule has 9 nitrogen and oxygen atoms in total. The third-order valence-electron chi connectivity index (χ3n) is 7.55. The molecule has 2 aromatic carbocycles. The average molecular weight is 443 g/mol. The highest BCUT2D eigenvalue weighted by Gasteiger charge is 2.67. The van der Waals surface area contributed by atoms with Crippen molar-refractivity contribution in [2.75, 3.05) is 4.90 Å². The highest BCUT2D eigenvalue weighted by molar-refractivity contribution is 6.07. The second-order valence-electron chi connectivity index (χ2n) is 9.40. The number of aromatic nitrogens is 2. The minimum atomic E-state index is -1.56. The van der Waals surface area contributed by atoms with Crippen LogP contribution in [0.4, 0.5) is 5.69 Å². The van der Waals surface area contributed by atoms with Crippen molar-refractivity contribution in [3.63, 3.8) is 0 Å². The number of hydrogen-bond acceptors (Lipinski definition) is 6. The molecule has 1 spiro atoms. The molecular formula is C24H21N5O4. The number of para-hydroxylation sites is 2. The molecule has 2 fully saturated rings. The Bertz CT molecular complexity index is 1440. The summed E-state index contributed by atoms with van der Waals surface area (Å²) in [6.07, 6.45) is 0.672. The predicted octanol–water partition coefficient (Wildman–Crippen LogP) is 0.654. The molecule has 3 aromatic rings. The number of rotatable bonds is 2. The van der Waals surface area contributed by atoms with Gasteiger partial charge in [0.05, 0.1) is 23.1 Å². The number of hydrogen-bond donors (Lipinski definition) is 3. The first-order valence-electron chi connectivity index (χ1n) is 11.1. The van der Waals surface area contributed by atoms with Gasteiger partial charge in [0.15, 0.2) is 0 Å². The summed E-state index contributed by atoms with van der Waals surface area (Å²) >= 11 is 0. The van der Waals surface area contributed by atoms with Crippen molar-refractivity contribution in [1.29, 1.82) is 0 Å². The lowest BCUT2D eigenvalue weighted by molar-refractivity contribution is -0.128. The van der Waals surface area contributed by atoms with Gasteiger partial charge in [-0.1, -0.05) is 30.3 Å². The van der Waals surface area contributed by atoms with Crippen molar-refractivity contribution >= 4 is 28.4 Å². The van der Waals surface area contributed by atoms with E-state index in [1.807, 2.05) is 18.2 Å². The molecule has 3 N–H and O–H groups in total. The van der Waals surface area contributed by atoms with Crippen LogP contribution in [-0.4, -0.2) is 38.2 Å². The minimum absolute atomic E-state index is 0.0470. The van der Waals surface area contributed by atoms with Crippen LogP contribution < -0.4 is 21.1 Å². The number of anilines is 1. The molecule has 2 amide bonds. The van der Waals surface area contributed by atoms with E-state index in [-0.39, 0.29) is 30.3 Å². The summed E-state index contributed by atoms with van der Waals surface area (Å²) in [4.78, 5) is 45.9. The van der Waals surface area contributed by atoms with Crippen LogP contribution in [0.5, 0.6) is 0 Å². The summed E-state index contributed by atoms with van der Waals surface area (Å²) in [5, 5.41) is 18.7. The number of amides is 2. The number of carbonyl (C=O) groups is 2. The third-order valence-corrected chi connectivity index (χ3v) is 7.55. The van der Waals surface area contributed by atoms with Gasteiger partial charge in [-0.2, -0.15) is 0 Å². The molecule has 1 aromatic heterocycles. The number of nitrogens with zero attached hydrogens (tertiary/aromatic N) is 3. The average Bonchev–Trinajstić information content (AvgIpc) is 3.49. The lowest BCUT2D eigenvalue weighted by Crippen LogP contribution is -2.53. The topological polar surface area (TPSA) is 117 Å². The van der Waals surface area contributed by atoms with E-state index in [1.165, 1.54) is 4.57 Å². The Morgan fingerprint density at radius 1 is 1.06 bits per heavy atom. The second kappa shape index (κ2) is 6.06. The van der Waals surface area contributed by atoms with Gasteiger partial charge in [0, 0.05) is 12.0 Å². The summed E-state index contributed by atoms with van der Waals surface area (Å²) in [5.74, 6) is 0.0508. The van der Waals surface area contributed by atoms with Crippen molar-refractivity contribution < 1.29 is 14.7 Å². The van der Waals surface area contributed by atoms with Crippen LogP contribution in [0.15, 0.2) is 53.3 Å². The Morgan fingerprint density at radius 2 is 1.82 bits per heavy atom. The first kappa shape index (κ1) is 19.0. The Kier molecular flexibility index (Phi) is 3.48. The molecule has 0 radical (unpaired) electrons. The summed E-state index contributed by atoms with van der Waals surface area (Å²) in [5.41, 5.74) is -0.706. The van der Waals surface area contributed by atoms with E-state index in [0.717, 1.165) is 12.8 Å². The maximum atomic E-state index is 13.4. The van der Waals surface area contributed by atoms with Crippen LogP contribution in [0.3, 0.4) is 0 Å². The number of benzene rings is 2. The zero-order valence-electron chi connectivity index (χ0n) is 17.6. The van der Waals surface area contributed by atoms with Crippen LogP contribution in [0.2, 0.25) is 0 Å². The van der Waals surface area contributed by atoms with Gasteiger partial charge in [0.2, 0.25) is 11.8 Å². The van der Waals surface area contributed by atoms with Gasteiger partial charge < -0.3 is 10.4 Å². The molecule has 9 heteroatoms. The summed E-state index contributed by atoms with van der Waals surface area (Å²) < 4.78 is 1.41. The first-order valence-corrected chi connectivity index (χ1v) is 11.1. The van der Waals surface area contributed by atoms with Crippen molar-refractivity contribution in [3.05, 3.63) is 70.3 Å². The normalized spacial score (nSPS) is 28.6. The van der Waals surface area contributed by atoms with Gasteiger partial charge >= 0.3 is 0 Å². The fourth-order valence-corrected chi connectivity index (χ4v) is 5.74. The van der Waals surface area contributed by atoms with Gasteiger partial charge in [-0.15, -0.1) is 0 Å². The molecular weight excluding hydrogens is 422 g/mol. The summed E-state index contributed by atoms with van der Waals surface area (Å²) in [6.45, 7) is 0.139. The van der Waals surface area contributed by atoms with E-state index in [0.29, 0.717) is 28.0 Å². The maximum absolute atomic E-state index is 13.4. The maximum Gasteiger partial charge on any atom is 0.262 e. The molecule has 0 bridgehead atoms. The fourth-order valence-electron chi connectivity index (χ4n) is 5.74. The predicted molar refractivity (Wildman–Crippen MR) is 118 cm³/mol. The molecule has 1 aliphatic carbocycles. The number of nitrogens with one attached hydrogen (secondary N) is 2. The van der Waals surface area contributed by atoms with E-state index >= 15 is 0 Å². The molecule has 3 atom stereocenters. The Balaban J connectivity index is 1.38. The quantitative estimate of drug-likeness (QED) is 0.536. The van der Waals surface area contributed by atoms with E-state index in [1.54, 1.807) is 35.2 Å². The van der Waals surface area contributed by atoms with E-state index in [2.05, 4.69) is 15.6 Å². The lowest BCUT2D eigenvalue weighted by atomic mass is 9.85. The fraction of sp³-hybridized carbons (Fsp3) is 0.333. The van der Waals surface area contributed by atoms with Crippen molar-refractivity contribution in [3.8, 4) is 0 Å². The van der Waals surface area contributed by atoms with Crippen LogP contribution in [0.25, 0.3) is 10.9 Å². The zero-order chi connectivity index (χ0) is 22.5. The molecule has 4 aliphatic rings. The van der Waals surface area contributed by atoms with Crippen molar-refractivity contribution in [2.24, 2.45) is 0 Å². The van der Waals surface area contributed by atoms with Crippen molar-refractivity contribution in [1.82, 2.24) is 20.2 Å². The third kappa shape index (κ3) is 2.33. The molecule has 7 rings (SSSR count). The molecule has 166 valence electrons. The van der Waals surface area contributed by atoms with Crippen LogP contribution in [0, 0.1) is 0 Å². The Hall–Kier alpha value is -3.56. The smallest absolute Gasteiger partial charge is 0.262 e. The van der Waals surface area contributed by atoms with Crippen LogP contribution in [-0.2, 0) is 21.7 Å². The monoisotopic (exact) mass is 443 g/mol.